The van der Waals surface area contributed by atoms with Crippen LogP contribution in [0.2, 0.25) is 0 Å². The lowest BCUT2D eigenvalue weighted by Crippen LogP contribution is -2.31. The van der Waals surface area contributed by atoms with E-state index in [-0.39, 0.29) is 44.3 Å². The zero-order chi connectivity index (χ0) is 41.2. The average molecular weight is 802 g/mol. The van der Waals surface area contributed by atoms with Crippen molar-refractivity contribution >= 4 is 18.1 Å². The molecule has 2 rings (SSSR count). The van der Waals surface area contributed by atoms with Crippen molar-refractivity contribution in [3.05, 3.63) is 24.3 Å². The highest BCUT2D eigenvalue weighted by Crippen LogP contribution is 2.41. The predicted octanol–water partition coefficient (Wildman–Crippen LogP) is 13.0. The van der Waals surface area contributed by atoms with E-state index in [0.29, 0.717) is 6.42 Å². The lowest BCUT2D eigenvalue weighted by Gasteiger charge is -2.33. The van der Waals surface area contributed by atoms with Crippen LogP contribution in [-0.4, -0.2) is 69.1 Å². The van der Waals surface area contributed by atoms with E-state index in [9.17, 15) is 14.4 Å². The van der Waals surface area contributed by atoms with E-state index in [1.165, 1.54) is 89.9 Å². The quantitative estimate of drug-likeness (QED) is 0.0218. The summed E-state index contributed by atoms with van der Waals surface area (Å²) in [6.07, 6.45) is 38.1. The summed E-state index contributed by atoms with van der Waals surface area (Å²) >= 11 is 0. The van der Waals surface area contributed by atoms with E-state index in [2.05, 4.69) is 56.9 Å². The molecular weight excluding hydrogens is 715 g/mol. The third-order valence-electron chi connectivity index (χ3n) is 12.6. The van der Waals surface area contributed by atoms with E-state index >= 15 is 0 Å². The van der Waals surface area contributed by atoms with Gasteiger partial charge in [0.2, 0.25) is 0 Å². The number of rotatable bonds is 32. The smallest absolute Gasteiger partial charge is 0.465 e. The van der Waals surface area contributed by atoms with Crippen LogP contribution in [0.15, 0.2) is 24.3 Å². The van der Waals surface area contributed by atoms with Crippen molar-refractivity contribution in [3.63, 3.8) is 0 Å². The summed E-state index contributed by atoms with van der Waals surface area (Å²) in [7, 11) is 0. The van der Waals surface area contributed by atoms with Gasteiger partial charge in [0.1, 0.15) is 19.8 Å². The van der Waals surface area contributed by atoms with E-state index < -0.39 is 12.1 Å². The number of hydrogen-bond acceptors (Lipinski definition) is 8. The Kier molecular flexibility index (Phi) is 30.7. The van der Waals surface area contributed by atoms with Crippen molar-refractivity contribution in [2.75, 3.05) is 46.1 Å². The first-order valence-electron chi connectivity index (χ1n) is 24.0. The van der Waals surface area contributed by atoms with E-state index in [0.717, 1.165) is 108 Å². The Morgan fingerprint density at radius 2 is 1.21 bits per heavy atom. The molecule has 0 saturated heterocycles. The van der Waals surface area contributed by atoms with E-state index in [1.54, 1.807) is 0 Å². The first kappa shape index (κ1) is 50.8. The molecule has 2 aliphatic rings. The normalized spacial score (nSPS) is 20.8. The fourth-order valence-electron chi connectivity index (χ4n) is 8.71. The van der Waals surface area contributed by atoms with Crippen LogP contribution in [0.1, 0.15) is 195 Å². The molecule has 57 heavy (non-hydrogen) atoms. The second kappa shape index (κ2) is 34.5. The van der Waals surface area contributed by atoms with Gasteiger partial charge in [-0.15, -0.1) is 0 Å². The van der Waals surface area contributed by atoms with Gasteiger partial charge in [0, 0.05) is 13.0 Å². The van der Waals surface area contributed by atoms with Crippen LogP contribution in [0.5, 0.6) is 0 Å². The zero-order valence-corrected chi connectivity index (χ0v) is 37.3. The van der Waals surface area contributed by atoms with Gasteiger partial charge in [-0.05, 0) is 108 Å². The molecule has 0 bridgehead atoms. The molecule has 0 aromatic rings. The van der Waals surface area contributed by atoms with Crippen molar-refractivity contribution < 1.29 is 33.3 Å². The Morgan fingerprint density at radius 3 is 1.93 bits per heavy atom. The largest absolute Gasteiger partial charge is 0.508 e. The van der Waals surface area contributed by atoms with Gasteiger partial charge in [-0.2, -0.15) is 0 Å². The number of carbonyl (C=O) groups is 3. The molecule has 3 atom stereocenters. The van der Waals surface area contributed by atoms with Crippen molar-refractivity contribution in [3.8, 4) is 0 Å². The molecule has 8 heteroatoms. The molecule has 0 aliphatic heterocycles. The fourth-order valence-corrected chi connectivity index (χ4v) is 8.71. The second-order valence-electron chi connectivity index (χ2n) is 17.2. The molecule has 1 unspecified atom stereocenters. The minimum atomic E-state index is -0.744. The van der Waals surface area contributed by atoms with Gasteiger partial charge < -0.3 is 23.8 Å². The number of esters is 2. The van der Waals surface area contributed by atoms with Crippen LogP contribution >= 0.6 is 0 Å². The number of nitrogens with zero attached hydrogens (tertiary/aromatic N) is 1. The van der Waals surface area contributed by atoms with Gasteiger partial charge in [-0.3, -0.25) is 9.59 Å². The summed E-state index contributed by atoms with van der Waals surface area (Å²) in [5.74, 6) is 1.46. The Hall–Kier alpha value is -2.35. The first-order chi connectivity index (χ1) is 27.9. The highest BCUT2D eigenvalue weighted by atomic mass is 16.7. The average Bonchev–Trinajstić information content (AvgIpc) is 3.47. The van der Waals surface area contributed by atoms with Crippen LogP contribution in [0.25, 0.3) is 0 Å². The topological polar surface area (TPSA) is 91.4 Å². The molecule has 8 nitrogen and oxygen atoms in total. The standard InChI is InChI=1S/C49H87NO7/c1-5-9-11-12-13-14-15-16-17-18-19-20-21-22-24-30-47(51)55-39-43(41-57-49(53)54-38-26-37-50(7-3)8-4)40-56-48(52)46-35-33-45(34-36-46)44-29-25-28-42(31-32-44)27-23-10-6-2/h13-14,16-17,42-46H,5-12,15,18-41H2,1-4H3/b14-13-,17-16-/t42-,43?,44-,45?,46?/m0/s1. The minimum Gasteiger partial charge on any atom is -0.465 e. The van der Waals surface area contributed by atoms with Crippen LogP contribution < -0.4 is 0 Å². The van der Waals surface area contributed by atoms with Crippen molar-refractivity contribution in [2.45, 2.75) is 195 Å². The molecule has 330 valence electrons. The van der Waals surface area contributed by atoms with Crippen molar-refractivity contribution in [1.82, 2.24) is 4.90 Å². The van der Waals surface area contributed by atoms with Crippen molar-refractivity contribution in [2.24, 2.45) is 29.6 Å². The molecular formula is C49H87NO7. The van der Waals surface area contributed by atoms with Gasteiger partial charge in [0.05, 0.1) is 18.4 Å². The molecule has 2 saturated carbocycles. The van der Waals surface area contributed by atoms with Crippen LogP contribution in [-0.2, 0) is 28.5 Å². The Labute approximate surface area is 350 Å². The SMILES string of the molecule is CCCCC/C=C\C/C=C\CCCCCCCC(=O)OCC(COC(=O)OCCCN(CC)CC)COC(=O)C1CCC([C@H]2CCC[C@H](CCCCC)CC2)CC1. The van der Waals surface area contributed by atoms with Crippen LogP contribution in [0, 0.1) is 29.6 Å². The van der Waals surface area contributed by atoms with Crippen molar-refractivity contribution in [1.29, 1.82) is 0 Å². The van der Waals surface area contributed by atoms with E-state index in [1.807, 2.05) is 0 Å². The molecule has 2 fully saturated rings. The third-order valence-corrected chi connectivity index (χ3v) is 12.6. The molecule has 2 aliphatic carbocycles. The zero-order valence-electron chi connectivity index (χ0n) is 37.3. The summed E-state index contributed by atoms with van der Waals surface area (Å²) in [5.41, 5.74) is 0. The number of ether oxygens (including phenoxy) is 4. The van der Waals surface area contributed by atoms with Gasteiger partial charge in [0.15, 0.2) is 0 Å². The number of hydrogen-bond donors (Lipinski definition) is 0. The Morgan fingerprint density at radius 1 is 0.596 bits per heavy atom. The second-order valence-corrected chi connectivity index (χ2v) is 17.2. The van der Waals surface area contributed by atoms with Gasteiger partial charge >= 0.3 is 18.1 Å². The van der Waals surface area contributed by atoms with Crippen LogP contribution in [0.4, 0.5) is 4.79 Å². The third kappa shape index (κ3) is 25.7. The summed E-state index contributed by atoms with van der Waals surface area (Å²) in [6, 6.07) is 0. The molecule has 0 heterocycles. The molecule has 0 radical (unpaired) electrons. The lowest BCUT2D eigenvalue weighted by molar-refractivity contribution is -0.154. The fraction of sp³-hybridized carbons (Fsp3) is 0.857. The maximum atomic E-state index is 13.3. The highest BCUT2D eigenvalue weighted by Gasteiger charge is 2.33. The maximum absolute atomic E-state index is 13.3. The summed E-state index contributed by atoms with van der Waals surface area (Å²) in [6.45, 7) is 11.8. The summed E-state index contributed by atoms with van der Waals surface area (Å²) in [5, 5.41) is 0. The summed E-state index contributed by atoms with van der Waals surface area (Å²) < 4.78 is 22.2. The monoisotopic (exact) mass is 802 g/mol. The van der Waals surface area contributed by atoms with Gasteiger partial charge in [-0.25, -0.2) is 4.79 Å². The number of allylic oxidation sites excluding steroid dienone is 4. The molecule has 0 aromatic heterocycles. The van der Waals surface area contributed by atoms with E-state index in [4.69, 9.17) is 18.9 Å². The highest BCUT2D eigenvalue weighted by molar-refractivity contribution is 5.72. The predicted molar refractivity (Wildman–Crippen MR) is 234 cm³/mol. The van der Waals surface area contributed by atoms with Gasteiger partial charge in [-0.1, -0.05) is 135 Å². The Balaban J connectivity index is 1.71. The number of carbonyl (C=O) groups excluding carboxylic acids is 3. The first-order valence-corrected chi connectivity index (χ1v) is 24.0. The number of unbranched alkanes of at least 4 members (excludes halogenated alkanes) is 10. The lowest BCUT2D eigenvalue weighted by atomic mass is 9.73. The minimum absolute atomic E-state index is 0.0347. The Bertz CT molecular complexity index is 1060. The van der Waals surface area contributed by atoms with Gasteiger partial charge in [0.25, 0.3) is 0 Å². The molecule has 0 aromatic carbocycles. The van der Waals surface area contributed by atoms with Crippen LogP contribution in [0.3, 0.4) is 0 Å². The maximum Gasteiger partial charge on any atom is 0.508 e. The molecule has 0 N–H and O–H groups in total. The molecule has 0 spiro atoms. The summed E-state index contributed by atoms with van der Waals surface area (Å²) in [4.78, 5) is 40.6. The molecule has 0 amide bonds.